The van der Waals surface area contributed by atoms with Gasteiger partial charge in [-0.1, -0.05) is 12.1 Å². The van der Waals surface area contributed by atoms with Crippen LogP contribution >= 0.6 is 43.2 Å². The van der Waals surface area contributed by atoms with Crippen molar-refractivity contribution in [2.75, 3.05) is 26.2 Å². The van der Waals surface area contributed by atoms with Crippen molar-refractivity contribution >= 4 is 43.2 Å². The van der Waals surface area contributed by atoms with E-state index in [-0.39, 0.29) is 0 Å². The summed E-state index contributed by atoms with van der Waals surface area (Å²) in [6.07, 6.45) is 0. The van der Waals surface area contributed by atoms with Gasteiger partial charge in [0.2, 0.25) is 0 Å². The van der Waals surface area contributed by atoms with Crippen molar-refractivity contribution in [3.63, 3.8) is 0 Å². The third-order valence-corrected chi connectivity index (χ3v) is 6.39. The Kier molecular flexibility index (Phi) is 4.94. The van der Waals surface area contributed by atoms with Crippen LogP contribution in [-0.4, -0.2) is 31.1 Å². The zero-order valence-corrected chi connectivity index (χ0v) is 15.0. The molecule has 1 aliphatic rings. The first-order chi connectivity index (χ1) is 9.75. The summed E-state index contributed by atoms with van der Waals surface area (Å²) in [6.45, 7) is 4.33. The van der Waals surface area contributed by atoms with E-state index in [1.165, 1.54) is 10.4 Å². The van der Waals surface area contributed by atoms with Crippen LogP contribution in [0.1, 0.15) is 16.5 Å². The fourth-order valence-corrected chi connectivity index (χ4v) is 4.15. The van der Waals surface area contributed by atoms with E-state index < -0.39 is 0 Å². The first-order valence-electron chi connectivity index (χ1n) is 6.69. The third-order valence-electron chi connectivity index (χ3n) is 3.59. The molecule has 0 unspecified atom stereocenters. The van der Waals surface area contributed by atoms with Crippen molar-refractivity contribution in [3.05, 3.63) is 55.1 Å². The van der Waals surface area contributed by atoms with Crippen LogP contribution in [0.25, 0.3) is 0 Å². The number of nitrogens with zero attached hydrogens (tertiary/aromatic N) is 1. The fourth-order valence-electron chi connectivity index (χ4n) is 2.62. The molecule has 0 bridgehead atoms. The van der Waals surface area contributed by atoms with Crippen molar-refractivity contribution < 1.29 is 0 Å². The Labute approximate surface area is 140 Å². The quantitative estimate of drug-likeness (QED) is 0.805. The van der Waals surface area contributed by atoms with E-state index in [1.54, 1.807) is 0 Å². The molecule has 5 heteroatoms. The van der Waals surface area contributed by atoms with Gasteiger partial charge < -0.3 is 5.32 Å². The van der Waals surface area contributed by atoms with Gasteiger partial charge in [0.1, 0.15) is 0 Å². The Hall–Kier alpha value is -0.200. The molecule has 1 aromatic heterocycles. The molecule has 2 aromatic rings. The molecule has 0 aliphatic carbocycles. The molecule has 1 fully saturated rings. The first kappa shape index (κ1) is 14.7. The molecule has 2 nitrogen and oxygen atoms in total. The number of hydrogen-bond acceptors (Lipinski definition) is 3. The summed E-state index contributed by atoms with van der Waals surface area (Å²) >= 11 is 9.02. The van der Waals surface area contributed by atoms with E-state index >= 15 is 0 Å². The molecule has 1 atom stereocenters. The van der Waals surface area contributed by atoms with Gasteiger partial charge in [0.15, 0.2) is 0 Å². The Balaban J connectivity index is 1.98. The monoisotopic (exact) mass is 414 g/mol. The molecule has 106 valence electrons. The van der Waals surface area contributed by atoms with Crippen LogP contribution in [-0.2, 0) is 0 Å². The summed E-state index contributed by atoms with van der Waals surface area (Å²) in [4.78, 5) is 3.99. The van der Waals surface area contributed by atoms with E-state index in [2.05, 4.69) is 77.8 Å². The molecular weight excluding hydrogens is 400 g/mol. The number of rotatable bonds is 3. The molecule has 0 amide bonds. The number of piperazine rings is 1. The van der Waals surface area contributed by atoms with Gasteiger partial charge in [-0.25, -0.2) is 0 Å². The standard InChI is InChI=1S/C15H16Br2N2S/c16-12-4-3-11(10-13(12)17)15(14-2-1-9-20-14)19-7-5-18-6-8-19/h1-4,9-10,15,18H,5-8H2/t15-/m1/s1. The summed E-state index contributed by atoms with van der Waals surface area (Å²) < 4.78 is 2.22. The smallest absolute Gasteiger partial charge is 0.0697 e. The summed E-state index contributed by atoms with van der Waals surface area (Å²) in [5.41, 5.74) is 1.35. The molecular formula is C15H16Br2N2S. The maximum absolute atomic E-state index is 3.63. The van der Waals surface area contributed by atoms with E-state index in [1.807, 2.05) is 11.3 Å². The zero-order chi connectivity index (χ0) is 13.9. The highest BCUT2D eigenvalue weighted by Gasteiger charge is 2.24. The molecule has 1 N–H and O–H groups in total. The Morgan fingerprint density at radius 2 is 1.90 bits per heavy atom. The Bertz CT molecular complexity index is 565. The van der Waals surface area contributed by atoms with Crippen LogP contribution in [0.5, 0.6) is 0 Å². The zero-order valence-electron chi connectivity index (χ0n) is 11.0. The van der Waals surface area contributed by atoms with Crippen LogP contribution in [0.4, 0.5) is 0 Å². The number of halogens is 2. The summed E-state index contributed by atoms with van der Waals surface area (Å²) in [5.74, 6) is 0. The lowest BCUT2D eigenvalue weighted by molar-refractivity contribution is 0.200. The minimum Gasteiger partial charge on any atom is -0.314 e. The SMILES string of the molecule is Brc1ccc([C@H](c2cccs2)N2CCNCC2)cc1Br. The second kappa shape index (κ2) is 6.71. The minimum atomic E-state index is 0.362. The predicted molar refractivity (Wildman–Crippen MR) is 92.4 cm³/mol. The average Bonchev–Trinajstić information content (AvgIpc) is 2.98. The van der Waals surface area contributed by atoms with E-state index in [4.69, 9.17) is 0 Å². The molecule has 2 heterocycles. The minimum absolute atomic E-state index is 0.362. The highest BCUT2D eigenvalue weighted by atomic mass is 79.9. The third kappa shape index (κ3) is 3.17. The lowest BCUT2D eigenvalue weighted by atomic mass is 10.0. The van der Waals surface area contributed by atoms with Gasteiger partial charge in [0, 0.05) is 40.0 Å². The summed E-state index contributed by atoms with van der Waals surface area (Å²) in [6, 6.07) is 11.3. The topological polar surface area (TPSA) is 15.3 Å². The first-order valence-corrected chi connectivity index (χ1v) is 9.15. The molecule has 0 radical (unpaired) electrons. The van der Waals surface area contributed by atoms with E-state index in [0.29, 0.717) is 6.04 Å². The van der Waals surface area contributed by atoms with Gasteiger partial charge in [-0.05, 0) is 61.0 Å². The van der Waals surface area contributed by atoms with Crippen molar-refractivity contribution in [3.8, 4) is 0 Å². The lowest BCUT2D eigenvalue weighted by Crippen LogP contribution is -2.45. The van der Waals surface area contributed by atoms with Gasteiger partial charge in [-0.2, -0.15) is 0 Å². The van der Waals surface area contributed by atoms with Gasteiger partial charge >= 0.3 is 0 Å². The second-order valence-electron chi connectivity index (χ2n) is 4.88. The van der Waals surface area contributed by atoms with Crippen LogP contribution in [0.3, 0.4) is 0 Å². The Morgan fingerprint density at radius 1 is 1.10 bits per heavy atom. The Morgan fingerprint density at radius 3 is 2.55 bits per heavy atom. The van der Waals surface area contributed by atoms with Gasteiger partial charge in [0.05, 0.1) is 6.04 Å². The van der Waals surface area contributed by atoms with Gasteiger partial charge in [-0.15, -0.1) is 11.3 Å². The molecule has 1 saturated heterocycles. The maximum Gasteiger partial charge on any atom is 0.0697 e. The van der Waals surface area contributed by atoms with Crippen molar-refractivity contribution in [2.45, 2.75) is 6.04 Å². The molecule has 20 heavy (non-hydrogen) atoms. The number of thiophene rings is 1. The molecule has 1 aromatic carbocycles. The highest BCUT2D eigenvalue weighted by Crippen LogP contribution is 2.35. The van der Waals surface area contributed by atoms with Crippen LogP contribution in [0.15, 0.2) is 44.7 Å². The van der Waals surface area contributed by atoms with Crippen LogP contribution in [0, 0.1) is 0 Å². The van der Waals surface area contributed by atoms with Crippen molar-refractivity contribution in [1.29, 1.82) is 0 Å². The van der Waals surface area contributed by atoms with E-state index in [9.17, 15) is 0 Å². The van der Waals surface area contributed by atoms with Crippen molar-refractivity contribution in [2.24, 2.45) is 0 Å². The number of nitrogens with one attached hydrogen (secondary N) is 1. The van der Waals surface area contributed by atoms with Crippen molar-refractivity contribution in [1.82, 2.24) is 10.2 Å². The lowest BCUT2D eigenvalue weighted by Gasteiger charge is -2.35. The van der Waals surface area contributed by atoms with Gasteiger partial charge in [-0.3, -0.25) is 4.90 Å². The number of benzene rings is 1. The van der Waals surface area contributed by atoms with Crippen LogP contribution in [0.2, 0.25) is 0 Å². The fraction of sp³-hybridized carbons (Fsp3) is 0.333. The average molecular weight is 416 g/mol. The highest BCUT2D eigenvalue weighted by molar-refractivity contribution is 9.13. The van der Waals surface area contributed by atoms with Gasteiger partial charge in [0.25, 0.3) is 0 Å². The molecule has 3 rings (SSSR count). The largest absolute Gasteiger partial charge is 0.314 e. The normalized spacial score (nSPS) is 18.1. The predicted octanol–water partition coefficient (Wildman–Crippen LogP) is 4.27. The number of hydrogen-bond donors (Lipinski definition) is 1. The van der Waals surface area contributed by atoms with Crippen LogP contribution < -0.4 is 5.32 Å². The summed E-state index contributed by atoms with van der Waals surface area (Å²) in [5, 5.41) is 5.60. The van der Waals surface area contributed by atoms with E-state index in [0.717, 1.165) is 35.1 Å². The maximum atomic E-state index is 3.63. The molecule has 1 aliphatic heterocycles. The molecule has 0 spiro atoms. The summed E-state index contributed by atoms with van der Waals surface area (Å²) in [7, 11) is 0. The molecule has 0 saturated carbocycles. The second-order valence-corrected chi connectivity index (χ2v) is 7.57.